The summed E-state index contributed by atoms with van der Waals surface area (Å²) in [7, 11) is 4.93. The molecule has 2 aliphatic rings. The SMILES string of the molecule is CCN1CCN(C(=O)N(Cc2ccc(C(=O)CN)cc2F)c2ccc3cnn(C)c3c2)CC1.CCN1CCN(C(=O)N(Cc2ccc(C(=O)OC)cc2F)c2ccc3cnn(C)c3c2)CC1. The fourth-order valence-electron chi connectivity index (χ4n) is 8.22. The van der Waals surface area contributed by atoms with Crippen molar-refractivity contribution in [3.05, 3.63) is 119 Å². The molecule has 8 rings (SSSR count). The number of amides is 4. The summed E-state index contributed by atoms with van der Waals surface area (Å²) in [6.07, 6.45) is 3.53. The van der Waals surface area contributed by atoms with Crippen LogP contribution < -0.4 is 15.5 Å². The second-order valence-corrected chi connectivity index (χ2v) is 16.3. The molecule has 6 aromatic rings. The van der Waals surface area contributed by atoms with Crippen LogP contribution in [0, 0.1) is 11.6 Å². The minimum atomic E-state index is -0.608. The first kappa shape index (κ1) is 47.2. The molecule has 0 aliphatic carbocycles. The van der Waals surface area contributed by atoms with Crippen LogP contribution in [-0.2, 0) is 31.9 Å². The van der Waals surface area contributed by atoms with Gasteiger partial charge in [-0.05, 0) is 67.7 Å². The van der Waals surface area contributed by atoms with Gasteiger partial charge >= 0.3 is 18.0 Å². The number of ketones is 1. The molecule has 0 bridgehead atoms. The van der Waals surface area contributed by atoms with Gasteiger partial charge in [-0.2, -0.15) is 10.2 Å². The Bertz CT molecular complexity index is 2520. The molecule has 0 spiro atoms. The van der Waals surface area contributed by atoms with Crippen LogP contribution in [0.3, 0.4) is 0 Å². The van der Waals surface area contributed by atoms with Crippen molar-refractivity contribution in [1.82, 2.24) is 39.2 Å². The lowest BCUT2D eigenvalue weighted by Gasteiger charge is -2.37. The predicted molar refractivity (Wildman–Crippen MR) is 249 cm³/mol. The van der Waals surface area contributed by atoms with Crippen LogP contribution in [0.2, 0.25) is 0 Å². The van der Waals surface area contributed by atoms with E-state index in [1.165, 1.54) is 25.3 Å². The number of hydrogen-bond acceptors (Lipinski definition) is 10. The third-order valence-electron chi connectivity index (χ3n) is 12.4. The van der Waals surface area contributed by atoms with Crippen molar-refractivity contribution >= 4 is 57.0 Å². The van der Waals surface area contributed by atoms with E-state index in [9.17, 15) is 28.0 Å². The number of anilines is 2. The number of carbonyl (C=O) groups excluding carboxylic acids is 4. The molecular weight excluding hydrogens is 849 g/mol. The van der Waals surface area contributed by atoms with Crippen LogP contribution in [0.15, 0.2) is 85.2 Å². The van der Waals surface area contributed by atoms with E-state index in [0.29, 0.717) is 48.7 Å². The van der Waals surface area contributed by atoms with E-state index in [1.807, 2.05) is 55.4 Å². The average molecular weight is 906 g/mol. The summed E-state index contributed by atoms with van der Waals surface area (Å²) in [6.45, 7) is 11.7. The van der Waals surface area contributed by atoms with Crippen LogP contribution in [0.4, 0.5) is 29.7 Å². The Morgan fingerprint density at radius 3 is 1.44 bits per heavy atom. The highest BCUT2D eigenvalue weighted by Gasteiger charge is 2.29. The molecule has 0 radical (unpaired) electrons. The maximum atomic E-state index is 14.9. The van der Waals surface area contributed by atoms with Gasteiger partial charge in [0, 0.05) is 105 Å². The zero-order valence-electron chi connectivity index (χ0n) is 38.1. The molecule has 2 N–H and O–H groups in total. The van der Waals surface area contributed by atoms with Gasteiger partial charge in [-0.1, -0.05) is 32.0 Å². The minimum Gasteiger partial charge on any atom is -0.465 e. The van der Waals surface area contributed by atoms with Gasteiger partial charge in [0.2, 0.25) is 0 Å². The molecule has 4 aromatic carbocycles. The summed E-state index contributed by atoms with van der Waals surface area (Å²) in [5, 5.41) is 10.5. The molecule has 2 fully saturated rings. The second-order valence-electron chi connectivity index (χ2n) is 16.3. The fraction of sp³-hybridized carbons (Fsp3) is 0.375. The molecule has 0 unspecified atom stereocenters. The third kappa shape index (κ3) is 10.5. The Labute approximate surface area is 382 Å². The topological polar surface area (TPSA) is 159 Å². The predicted octanol–water partition coefficient (Wildman–Crippen LogP) is 5.88. The van der Waals surface area contributed by atoms with E-state index in [2.05, 4.69) is 38.6 Å². The highest BCUT2D eigenvalue weighted by Crippen LogP contribution is 2.28. The maximum Gasteiger partial charge on any atom is 0.337 e. The van der Waals surface area contributed by atoms with Crippen molar-refractivity contribution in [1.29, 1.82) is 0 Å². The Kier molecular flexibility index (Phi) is 15.0. The summed E-state index contributed by atoms with van der Waals surface area (Å²) < 4.78 is 38.0. The van der Waals surface area contributed by atoms with Gasteiger partial charge in [0.05, 0.1) is 55.7 Å². The first-order chi connectivity index (χ1) is 31.8. The number of aromatic nitrogens is 4. The number of Topliss-reactive ketones (excluding diaryl/α,β-unsaturated/α-hetero) is 1. The quantitative estimate of drug-likeness (QED) is 0.123. The van der Waals surface area contributed by atoms with E-state index in [-0.39, 0.29) is 48.6 Å². The van der Waals surface area contributed by atoms with Crippen LogP contribution in [-0.4, -0.2) is 142 Å². The first-order valence-electron chi connectivity index (χ1n) is 22.1. The second kappa shape index (κ2) is 21.0. The number of rotatable bonds is 11. The summed E-state index contributed by atoms with van der Waals surface area (Å²) >= 11 is 0. The number of piperazine rings is 2. The lowest BCUT2D eigenvalue weighted by atomic mass is 10.1. The normalized spacial score (nSPS) is 14.5. The summed E-state index contributed by atoms with van der Waals surface area (Å²) in [6, 6.07) is 19.4. The number of carbonyl (C=O) groups is 4. The molecule has 66 heavy (non-hydrogen) atoms. The number of halogens is 2. The maximum absolute atomic E-state index is 14.9. The number of benzene rings is 4. The summed E-state index contributed by atoms with van der Waals surface area (Å²) in [5.74, 6) is -2.04. The highest BCUT2D eigenvalue weighted by atomic mass is 19.1. The van der Waals surface area contributed by atoms with Crippen LogP contribution in [0.25, 0.3) is 21.8 Å². The number of nitrogens with zero attached hydrogens (tertiary/aromatic N) is 10. The van der Waals surface area contributed by atoms with Crippen molar-refractivity contribution in [3.8, 4) is 0 Å². The standard InChI is InChI=1S/C24H29FN6O2.C24H28FN5O3/c1-3-29-8-10-30(11-9-29)24(33)31(20-7-6-18-15-27-28(2)22(18)13-20)16-19-5-4-17(12-21(19)25)23(32)14-26;1-4-28-9-11-29(12-10-28)24(32)30(20-8-7-18-15-26-27(2)22(18)14-20)16-19-6-5-17(13-21(19)25)23(31)33-3/h4-7,12-13,15H,3,8-11,14,16,26H2,1-2H3;5-8,13-15H,4,9-12,16H2,1-3H3. The molecule has 0 atom stereocenters. The lowest BCUT2D eigenvalue weighted by molar-refractivity contribution is 0.0600. The highest BCUT2D eigenvalue weighted by molar-refractivity contribution is 5.98. The Balaban J connectivity index is 0.000000196. The van der Waals surface area contributed by atoms with Gasteiger partial charge in [0.15, 0.2) is 5.78 Å². The lowest BCUT2D eigenvalue weighted by Crippen LogP contribution is -2.52. The molecule has 348 valence electrons. The molecular formula is C48H57F2N11O5. The monoisotopic (exact) mass is 905 g/mol. The van der Waals surface area contributed by atoms with Crippen LogP contribution >= 0.6 is 0 Å². The van der Waals surface area contributed by atoms with Gasteiger partial charge in [-0.15, -0.1) is 0 Å². The van der Waals surface area contributed by atoms with Gasteiger partial charge in [0.1, 0.15) is 11.6 Å². The van der Waals surface area contributed by atoms with Crippen LogP contribution in [0.1, 0.15) is 45.7 Å². The molecule has 4 amide bonds. The molecule has 16 nitrogen and oxygen atoms in total. The minimum absolute atomic E-state index is 0.0312. The smallest absolute Gasteiger partial charge is 0.337 e. The zero-order valence-corrected chi connectivity index (χ0v) is 38.1. The largest absolute Gasteiger partial charge is 0.465 e. The van der Waals surface area contributed by atoms with Gasteiger partial charge in [0.25, 0.3) is 0 Å². The van der Waals surface area contributed by atoms with Crippen LogP contribution in [0.5, 0.6) is 0 Å². The number of ether oxygens (including phenoxy) is 1. The Hall–Kier alpha value is -6.76. The summed E-state index contributed by atoms with van der Waals surface area (Å²) in [5.41, 5.74) is 9.47. The number of esters is 1. The number of methoxy groups -OCH3 is 1. The first-order valence-corrected chi connectivity index (χ1v) is 22.1. The third-order valence-corrected chi connectivity index (χ3v) is 12.4. The molecule has 2 aliphatic heterocycles. The van der Waals surface area contributed by atoms with Crippen molar-refractivity contribution < 1.29 is 32.7 Å². The number of urea groups is 2. The number of fused-ring (bicyclic) bond motifs is 2. The van der Waals surface area contributed by atoms with E-state index in [1.54, 1.807) is 48.6 Å². The van der Waals surface area contributed by atoms with Crippen molar-refractivity contribution in [2.24, 2.45) is 19.8 Å². The zero-order chi connectivity index (χ0) is 47.1. The number of nitrogens with two attached hydrogens (primary N) is 1. The van der Waals surface area contributed by atoms with Gasteiger partial charge in [-0.25, -0.2) is 23.2 Å². The van der Waals surface area contributed by atoms with Gasteiger partial charge < -0.3 is 30.1 Å². The Morgan fingerprint density at radius 2 is 1.05 bits per heavy atom. The van der Waals surface area contributed by atoms with Crippen molar-refractivity contribution in [2.75, 3.05) is 88.9 Å². The van der Waals surface area contributed by atoms with Crippen molar-refractivity contribution in [3.63, 3.8) is 0 Å². The van der Waals surface area contributed by atoms with E-state index in [4.69, 9.17) is 5.73 Å². The van der Waals surface area contributed by atoms with Crippen molar-refractivity contribution in [2.45, 2.75) is 26.9 Å². The molecule has 0 saturated carbocycles. The van der Waals surface area contributed by atoms with Gasteiger partial charge in [-0.3, -0.25) is 24.0 Å². The summed E-state index contributed by atoms with van der Waals surface area (Å²) in [4.78, 5) is 62.2. The van der Waals surface area contributed by atoms with E-state index >= 15 is 0 Å². The number of hydrogen-bond donors (Lipinski definition) is 1. The molecule has 2 saturated heterocycles. The Morgan fingerprint density at radius 1 is 0.621 bits per heavy atom. The molecule has 18 heteroatoms. The van der Waals surface area contributed by atoms with E-state index < -0.39 is 17.6 Å². The average Bonchev–Trinajstić information content (AvgIpc) is 3.92. The molecule has 4 heterocycles. The molecule has 2 aromatic heterocycles. The number of likely N-dealkylation sites (N-methyl/N-ethyl adjacent to an activating group) is 2. The fourth-order valence-corrected chi connectivity index (χ4v) is 8.22. The number of aryl methyl sites for hydroxylation is 2. The van der Waals surface area contributed by atoms with E-state index in [0.717, 1.165) is 67.1 Å².